The molecule has 0 amide bonds. The van der Waals surface area contributed by atoms with E-state index in [-0.39, 0.29) is 6.04 Å². The molecule has 0 aromatic carbocycles. The Labute approximate surface area is 92.9 Å². The lowest BCUT2D eigenvalue weighted by molar-refractivity contribution is 0.490. The van der Waals surface area contributed by atoms with Gasteiger partial charge in [-0.3, -0.25) is 4.98 Å². The van der Waals surface area contributed by atoms with Crippen molar-refractivity contribution in [3.63, 3.8) is 0 Å². The van der Waals surface area contributed by atoms with Crippen molar-refractivity contribution in [1.29, 1.82) is 0 Å². The number of nitrogens with zero attached hydrogens (tertiary/aromatic N) is 2. The van der Waals surface area contributed by atoms with Crippen molar-refractivity contribution < 1.29 is 4.42 Å². The molecule has 0 fully saturated rings. The molecular weight excluding hydrogens is 206 g/mol. The number of hydrazine groups is 1. The molecule has 0 saturated carbocycles. The van der Waals surface area contributed by atoms with Crippen LogP contribution in [0.4, 0.5) is 11.6 Å². The molecule has 2 aromatic heterocycles. The first-order valence-corrected chi connectivity index (χ1v) is 4.88. The Balaban J connectivity index is 2.08. The summed E-state index contributed by atoms with van der Waals surface area (Å²) in [5, 5.41) is 3.16. The van der Waals surface area contributed by atoms with E-state index in [2.05, 4.69) is 20.7 Å². The van der Waals surface area contributed by atoms with Crippen LogP contribution in [0, 0.1) is 0 Å². The summed E-state index contributed by atoms with van der Waals surface area (Å²) < 4.78 is 5.27. The molecule has 16 heavy (non-hydrogen) atoms. The van der Waals surface area contributed by atoms with Gasteiger partial charge in [0.05, 0.1) is 24.7 Å². The van der Waals surface area contributed by atoms with E-state index in [1.165, 1.54) is 0 Å². The van der Waals surface area contributed by atoms with Crippen LogP contribution in [-0.2, 0) is 0 Å². The molecule has 0 spiro atoms. The highest BCUT2D eigenvalue weighted by molar-refractivity contribution is 5.41. The van der Waals surface area contributed by atoms with Crippen LogP contribution in [0.1, 0.15) is 18.7 Å². The third kappa shape index (κ3) is 2.29. The van der Waals surface area contributed by atoms with E-state index in [0.717, 1.165) is 5.76 Å². The summed E-state index contributed by atoms with van der Waals surface area (Å²) >= 11 is 0. The Kier molecular flexibility index (Phi) is 3.02. The molecular formula is C10H13N5O. The maximum atomic E-state index is 5.27. The Bertz CT molecular complexity index is 442. The lowest BCUT2D eigenvalue weighted by Gasteiger charge is -2.12. The minimum atomic E-state index is 0.0253. The predicted molar refractivity (Wildman–Crippen MR) is 60.6 cm³/mol. The summed E-state index contributed by atoms with van der Waals surface area (Å²) in [4.78, 5) is 8.18. The summed E-state index contributed by atoms with van der Waals surface area (Å²) in [5.41, 5.74) is 2.44. The summed E-state index contributed by atoms with van der Waals surface area (Å²) in [6.07, 6.45) is 4.81. The molecule has 4 N–H and O–H groups in total. The van der Waals surface area contributed by atoms with Crippen LogP contribution in [0.15, 0.2) is 35.2 Å². The molecule has 2 aromatic rings. The summed E-state index contributed by atoms with van der Waals surface area (Å²) in [6.45, 7) is 1.98. The van der Waals surface area contributed by atoms with Crippen molar-refractivity contribution in [2.45, 2.75) is 13.0 Å². The van der Waals surface area contributed by atoms with Gasteiger partial charge in [-0.2, -0.15) is 0 Å². The number of rotatable bonds is 4. The Morgan fingerprint density at radius 1 is 1.38 bits per heavy atom. The second-order valence-corrected chi connectivity index (χ2v) is 3.32. The van der Waals surface area contributed by atoms with Crippen LogP contribution in [0.2, 0.25) is 0 Å². The maximum absolute atomic E-state index is 5.27. The van der Waals surface area contributed by atoms with Gasteiger partial charge >= 0.3 is 0 Å². The highest BCUT2D eigenvalue weighted by atomic mass is 16.3. The van der Waals surface area contributed by atoms with Crippen molar-refractivity contribution in [1.82, 2.24) is 9.97 Å². The van der Waals surface area contributed by atoms with Crippen molar-refractivity contribution in [2.75, 3.05) is 10.7 Å². The zero-order chi connectivity index (χ0) is 11.4. The average molecular weight is 219 g/mol. The number of furan rings is 1. The molecule has 0 saturated heterocycles. The quantitative estimate of drug-likeness (QED) is 0.533. The molecule has 6 nitrogen and oxygen atoms in total. The van der Waals surface area contributed by atoms with E-state index in [4.69, 9.17) is 10.3 Å². The monoisotopic (exact) mass is 219 g/mol. The molecule has 1 atom stereocenters. The van der Waals surface area contributed by atoms with Gasteiger partial charge in [-0.1, -0.05) is 0 Å². The summed E-state index contributed by atoms with van der Waals surface area (Å²) in [5.74, 6) is 7.24. The van der Waals surface area contributed by atoms with Crippen molar-refractivity contribution in [3.05, 3.63) is 36.5 Å². The molecule has 2 heterocycles. The lowest BCUT2D eigenvalue weighted by atomic mass is 10.2. The van der Waals surface area contributed by atoms with Gasteiger partial charge in [0.25, 0.3) is 0 Å². The first-order valence-electron chi connectivity index (χ1n) is 4.88. The molecule has 0 bridgehead atoms. The van der Waals surface area contributed by atoms with E-state index >= 15 is 0 Å². The van der Waals surface area contributed by atoms with Crippen molar-refractivity contribution >= 4 is 11.6 Å². The van der Waals surface area contributed by atoms with Gasteiger partial charge in [0.15, 0.2) is 5.82 Å². The van der Waals surface area contributed by atoms with Gasteiger partial charge in [-0.25, -0.2) is 10.8 Å². The van der Waals surface area contributed by atoms with Crippen molar-refractivity contribution in [2.24, 2.45) is 5.84 Å². The number of nitrogens with two attached hydrogens (primary N) is 1. The summed E-state index contributed by atoms with van der Waals surface area (Å²) in [7, 11) is 0. The van der Waals surface area contributed by atoms with E-state index in [1.54, 1.807) is 18.7 Å². The molecule has 84 valence electrons. The van der Waals surface area contributed by atoms with Gasteiger partial charge in [0.2, 0.25) is 0 Å². The smallest absolute Gasteiger partial charge is 0.160 e. The Morgan fingerprint density at radius 3 is 2.88 bits per heavy atom. The fraction of sp³-hybridized carbons (Fsp3) is 0.200. The zero-order valence-corrected chi connectivity index (χ0v) is 8.84. The lowest BCUT2D eigenvalue weighted by Crippen LogP contribution is -2.12. The molecule has 0 aliphatic heterocycles. The molecule has 0 aliphatic rings. The third-order valence-corrected chi connectivity index (χ3v) is 2.12. The number of aromatic nitrogens is 2. The van der Waals surface area contributed by atoms with Gasteiger partial charge in [0.1, 0.15) is 11.6 Å². The Hall–Kier alpha value is -2.08. The summed E-state index contributed by atoms with van der Waals surface area (Å²) in [6, 6.07) is 3.77. The van der Waals surface area contributed by atoms with Gasteiger partial charge < -0.3 is 15.2 Å². The fourth-order valence-electron chi connectivity index (χ4n) is 1.34. The SMILES string of the molecule is CC(Nc1cncc(NN)n1)c1ccco1. The highest BCUT2D eigenvalue weighted by Crippen LogP contribution is 2.17. The second-order valence-electron chi connectivity index (χ2n) is 3.32. The molecule has 0 aliphatic carbocycles. The van der Waals surface area contributed by atoms with Crippen LogP contribution in [-0.4, -0.2) is 9.97 Å². The zero-order valence-electron chi connectivity index (χ0n) is 8.84. The van der Waals surface area contributed by atoms with Crippen LogP contribution in [0.5, 0.6) is 0 Å². The van der Waals surface area contributed by atoms with E-state index in [0.29, 0.717) is 11.6 Å². The standard InChI is InChI=1S/C10H13N5O/c1-7(8-3-2-4-16-8)13-9-5-12-6-10(14-9)15-11/h2-7H,11H2,1H3,(H2,13,14,15). The van der Waals surface area contributed by atoms with Gasteiger partial charge in [-0.15, -0.1) is 0 Å². The topological polar surface area (TPSA) is 89.0 Å². The highest BCUT2D eigenvalue weighted by Gasteiger charge is 2.08. The van der Waals surface area contributed by atoms with E-state index in [9.17, 15) is 0 Å². The number of nitrogen functional groups attached to an aromatic ring is 1. The average Bonchev–Trinajstić information content (AvgIpc) is 2.83. The minimum absolute atomic E-state index is 0.0253. The number of anilines is 2. The molecule has 0 radical (unpaired) electrons. The van der Waals surface area contributed by atoms with Gasteiger partial charge in [0, 0.05) is 0 Å². The number of hydrogen-bond acceptors (Lipinski definition) is 6. The number of nitrogens with one attached hydrogen (secondary N) is 2. The van der Waals surface area contributed by atoms with Crippen LogP contribution in [0.3, 0.4) is 0 Å². The Morgan fingerprint density at radius 2 is 2.19 bits per heavy atom. The van der Waals surface area contributed by atoms with Crippen LogP contribution >= 0.6 is 0 Å². The van der Waals surface area contributed by atoms with Crippen molar-refractivity contribution in [3.8, 4) is 0 Å². The first kappa shape index (κ1) is 10.4. The van der Waals surface area contributed by atoms with E-state index in [1.807, 2.05) is 19.1 Å². The van der Waals surface area contributed by atoms with Gasteiger partial charge in [-0.05, 0) is 19.1 Å². The first-order chi connectivity index (χ1) is 7.79. The minimum Gasteiger partial charge on any atom is -0.467 e. The van der Waals surface area contributed by atoms with E-state index < -0.39 is 0 Å². The second kappa shape index (κ2) is 4.63. The fourth-order valence-corrected chi connectivity index (χ4v) is 1.34. The largest absolute Gasteiger partial charge is 0.467 e. The predicted octanol–water partition coefficient (Wildman–Crippen LogP) is 1.53. The number of hydrogen-bond donors (Lipinski definition) is 3. The van der Waals surface area contributed by atoms with Crippen LogP contribution < -0.4 is 16.6 Å². The van der Waals surface area contributed by atoms with Crippen LogP contribution in [0.25, 0.3) is 0 Å². The molecule has 6 heteroatoms. The normalized spacial score (nSPS) is 12.1. The maximum Gasteiger partial charge on any atom is 0.160 e. The molecule has 1 unspecified atom stereocenters. The third-order valence-electron chi connectivity index (χ3n) is 2.12. The molecule has 2 rings (SSSR count).